The van der Waals surface area contributed by atoms with E-state index in [0.29, 0.717) is 0 Å². The molecule has 0 N–H and O–H groups in total. The number of benzene rings is 5. The third-order valence-electron chi connectivity index (χ3n) is 6.04. The molecule has 0 fully saturated rings. The number of carbonyl (C=O) groups is 1. The van der Waals surface area contributed by atoms with Crippen LogP contribution in [-0.4, -0.2) is 5.52 Å². The van der Waals surface area contributed by atoms with Crippen LogP contribution in [0, 0.1) is 26.8 Å². The molecule has 5 rings (SSSR count). The Hall–Kier alpha value is -2.77. The molecule has 0 atom stereocenters. The van der Waals surface area contributed by atoms with Gasteiger partial charge in [-0.05, 0) is 48.5 Å². The zero-order chi connectivity index (χ0) is 27.4. The predicted molar refractivity (Wildman–Crippen MR) is 161 cm³/mol. The molecule has 5 aromatic rings. The first-order valence-corrected chi connectivity index (χ1v) is 16.7. The van der Waals surface area contributed by atoms with Crippen LogP contribution in [0.15, 0.2) is 133 Å². The van der Waals surface area contributed by atoms with E-state index in [1.54, 1.807) is 20.0 Å². The molecule has 0 saturated carbocycles. The summed E-state index contributed by atoms with van der Waals surface area (Å²) in [6.07, 6.45) is 0. The van der Waals surface area contributed by atoms with Gasteiger partial charge >= 0.3 is 34.7 Å². The first-order chi connectivity index (χ1) is 18.5. The van der Waals surface area contributed by atoms with Gasteiger partial charge in [0.25, 0.3) is 0 Å². The topological polar surface area (TPSA) is 17.1 Å². The average molecular weight is 719 g/mol. The molecule has 38 heavy (non-hydrogen) atoms. The van der Waals surface area contributed by atoms with Gasteiger partial charge in [0, 0.05) is 0 Å². The van der Waals surface area contributed by atoms with E-state index < -0.39 is 7.26 Å². The van der Waals surface area contributed by atoms with E-state index in [-0.39, 0.29) is 5.52 Å². The Morgan fingerprint density at radius 2 is 0.895 bits per heavy atom. The van der Waals surface area contributed by atoms with Gasteiger partial charge in [-0.15, -0.1) is 0 Å². The van der Waals surface area contributed by atoms with E-state index in [1.165, 1.54) is 16.7 Å². The zero-order valence-corrected chi connectivity index (χ0v) is 25.6. The molecule has 0 bridgehead atoms. The van der Waals surface area contributed by atoms with Crippen LogP contribution < -0.4 is 15.9 Å². The molecule has 0 spiro atoms. The van der Waals surface area contributed by atoms with Crippen LogP contribution in [0.25, 0.3) is 0 Å². The molecule has 1 nitrogen and oxygen atoms in total. The summed E-state index contributed by atoms with van der Waals surface area (Å²) in [6, 6.07) is 47.8. The van der Waals surface area contributed by atoms with Crippen molar-refractivity contribution in [2.75, 3.05) is 0 Å². The van der Waals surface area contributed by atoms with Crippen molar-refractivity contribution in [3.8, 4) is 0 Å². The van der Waals surface area contributed by atoms with Gasteiger partial charge in [0.15, 0.2) is 7.26 Å². The number of hydrogen-bond donors (Lipinski definition) is 0. The summed E-state index contributed by atoms with van der Waals surface area (Å²) in [6.45, 7) is 6.24. The normalized spacial score (nSPS) is 10.4. The Kier molecular flexibility index (Phi) is 11.7. The fourth-order valence-electron chi connectivity index (χ4n) is 4.64. The monoisotopic (exact) mass is 718 g/mol. The van der Waals surface area contributed by atoms with Crippen LogP contribution in [0.5, 0.6) is 0 Å². The fraction of sp³-hybridized carbons (Fsp3) is 0.0882. The van der Waals surface area contributed by atoms with Gasteiger partial charge in [0.1, 0.15) is 15.9 Å². The van der Waals surface area contributed by atoms with E-state index in [4.69, 9.17) is 0 Å². The second-order valence-corrected chi connectivity index (χ2v) is 12.2. The van der Waals surface area contributed by atoms with Gasteiger partial charge < -0.3 is 0 Å². The molecule has 5 aromatic carbocycles. The van der Waals surface area contributed by atoms with Gasteiger partial charge in [0.05, 0.1) is 5.56 Å². The molecule has 0 unspecified atom stereocenters. The van der Waals surface area contributed by atoms with Crippen molar-refractivity contribution in [2.45, 2.75) is 20.8 Å². The van der Waals surface area contributed by atoms with Gasteiger partial charge in [-0.3, -0.25) is 0 Å². The van der Waals surface area contributed by atoms with Crippen molar-refractivity contribution >= 4 is 37.9 Å². The second kappa shape index (κ2) is 15.0. The predicted octanol–water partition coefficient (Wildman–Crippen LogP) is 7.92. The van der Waals surface area contributed by atoms with E-state index >= 15 is 0 Å². The molecule has 0 aliphatic rings. The molecule has 0 aliphatic carbocycles. The van der Waals surface area contributed by atoms with Crippen molar-refractivity contribution in [3.63, 3.8) is 0 Å². The number of carbonyl (C=O) groups excluding carboxylic acids is 1. The van der Waals surface area contributed by atoms with Gasteiger partial charge in [0.2, 0.25) is 0 Å². The molecule has 196 valence electrons. The summed E-state index contributed by atoms with van der Waals surface area (Å²) in [5.41, 5.74) is 4.72. The van der Waals surface area contributed by atoms with Crippen LogP contribution in [0.1, 0.15) is 27.0 Å². The van der Waals surface area contributed by atoms with E-state index in [9.17, 15) is 4.79 Å². The molecule has 0 saturated heterocycles. The molecular weight excluding hydrogens is 688 g/mol. The van der Waals surface area contributed by atoms with Gasteiger partial charge in [-0.1, -0.05) is 93.6 Å². The number of halogens is 1. The van der Waals surface area contributed by atoms with E-state index in [0.717, 1.165) is 21.5 Å². The minimum absolute atomic E-state index is 0.187. The first kappa shape index (κ1) is 29.8. The standard InChI is InChI=1S/C25H20OP.C9H11.Au.ClH/c26-25(21-13-5-1-6-14-21)27(22-15-7-2-8-16-22,23-17-9-3-10-18-23)24-19-11-4-12-20-24;1-7-4-8(2)6-9(3)5-7;;/h1-20H;4-5H,1-3H3;;1H/q+1;-1;+1;/p-1. The van der Waals surface area contributed by atoms with Crippen molar-refractivity contribution in [1.29, 1.82) is 0 Å². The molecule has 0 radical (unpaired) electrons. The van der Waals surface area contributed by atoms with Gasteiger partial charge in [-0.25, -0.2) is 4.79 Å². The molecular formula is C34H31AuClOP. The number of aryl methyl sites for hydroxylation is 3. The summed E-state index contributed by atoms with van der Waals surface area (Å²) < 4.78 is 0. The third kappa shape index (κ3) is 7.20. The minimum atomic E-state index is -2.51. The second-order valence-electron chi connectivity index (χ2n) is 8.87. The van der Waals surface area contributed by atoms with Crippen molar-refractivity contribution in [3.05, 3.63) is 162 Å². The molecule has 0 aliphatic heterocycles. The summed E-state index contributed by atoms with van der Waals surface area (Å²) in [5, 5.41) is 3.24. The van der Waals surface area contributed by atoms with Crippen LogP contribution in [0.3, 0.4) is 0 Å². The van der Waals surface area contributed by atoms with Crippen LogP contribution in [0.2, 0.25) is 0 Å². The van der Waals surface area contributed by atoms with Crippen LogP contribution in [0.4, 0.5) is 0 Å². The summed E-state index contributed by atoms with van der Waals surface area (Å²) >= 11 is 1.75. The Bertz CT molecular complexity index is 1260. The SMILES string of the molecule is Cc1[c-]c(C)cc(C)c1.O=C(c1ccccc1)[P+](c1ccccc1)(c1ccccc1)c1ccccc1.[Cl][Au]. The molecule has 0 heterocycles. The van der Waals surface area contributed by atoms with Crippen molar-refractivity contribution in [2.24, 2.45) is 0 Å². The number of hydrogen-bond acceptors (Lipinski definition) is 1. The fourth-order valence-corrected chi connectivity index (χ4v) is 8.63. The Labute approximate surface area is 244 Å². The molecule has 4 heteroatoms. The summed E-state index contributed by atoms with van der Waals surface area (Å²) in [4.78, 5) is 14.1. The first-order valence-electron chi connectivity index (χ1n) is 12.3. The maximum atomic E-state index is 14.1. The maximum absolute atomic E-state index is 14.1. The van der Waals surface area contributed by atoms with Crippen molar-refractivity contribution < 1.29 is 24.8 Å². The summed E-state index contributed by atoms with van der Waals surface area (Å²) in [5.74, 6) is 0. The third-order valence-corrected chi connectivity index (χ3v) is 10.1. The molecule has 0 amide bonds. The Morgan fingerprint density at radius 1 is 0.579 bits per heavy atom. The van der Waals surface area contributed by atoms with E-state index in [2.05, 4.69) is 84.6 Å². The zero-order valence-electron chi connectivity index (χ0n) is 21.7. The summed E-state index contributed by atoms with van der Waals surface area (Å²) in [7, 11) is 2.08. The van der Waals surface area contributed by atoms with Crippen LogP contribution in [-0.2, 0) is 20.0 Å². The van der Waals surface area contributed by atoms with E-state index in [1.807, 2.05) is 84.9 Å². The quantitative estimate of drug-likeness (QED) is 0.103. The number of rotatable bonds is 5. The Balaban J connectivity index is 0.000000307. The Morgan fingerprint density at radius 3 is 1.21 bits per heavy atom. The van der Waals surface area contributed by atoms with Crippen molar-refractivity contribution in [1.82, 2.24) is 0 Å². The van der Waals surface area contributed by atoms with Crippen LogP contribution >= 0.6 is 16.5 Å². The average Bonchev–Trinajstić information content (AvgIpc) is 2.96. The van der Waals surface area contributed by atoms with Gasteiger partial charge in [-0.2, -0.15) is 34.9 Å². The molecule has 0 aromatic heterocycles.